The van der Waals surface area contributed by atoms with E-state index in [4.69, 9.17) is 16.7 Å². The van der Waals surface area contributed by atoms with Gasteiger partial charge in [0.25, 0.3) is 5.91 Å². The number of carboxylic acid groups (broad SMARTS) is 1. The number of thiophene rings is 2. The summed E-state index contributed by atoms with van der Waals surface area (Å²) in [6, 6.07) is 8.01. The van der Waals surface area contributed by atoms with Crippen molar-refractivity contribution in [1.82, 2.24) is 0 Å². The van der Waals surface area contributed by atoms with E-state index in [2.05, 4.69) is 5.32 Å². The van der Waals surface area contributed by atoms with Gasteiger partial charge in [0.05, 0.1) is 10.4 Å². The molecule has 0 fully saturated rings. The van der Waals surface area contributed by atoms with Gasteiger partial charge in [-0.2, -0.15) is 0 Å². The van der Waals surface area contributed by atoms with Crippen LogP contribution in [0.2, 0.25) is 5.02 Å². The van der Waals surface area contributed by atoms with E-state index in [1.165, 1.54) is 29.5 Å². The molecule has 0 spiro atoms. The first-order chi connectivity index (χ1) is 10.0. The number of nitrogens with one attached hydrogen (secondary N) is 1. The first-order valence-electron chi connectivity index (χ1n) is 5.85. The van der Waals surface area contributed by atoms with Crippen LogP contribution in [0, 0.1) is 0 Å². The van der Waals surface area contributed by atoms with Crippen LogP contribution in [0.25, 0.3) is 9.40 Å². The predicted octanol–water partition coefficient (Wildman–Crippen LogP) is 4.57. The lowest BCUT2D eigenvalue weighted by molar-refractivity contribution is 0.0696. The van der Waals surface area contributed by atoms with Crippen molar-refractivity contribution in [2.24, 2.45) is 0 Å². The third kappa shape index (κ3) is 2.92. The molecule has 2 N–H and O–H groups in total. The third-order valence-electron chi connectivity index (χ3n) is 2.77. The normalized spacial score (nSPS) is 10.7. The van der Waals surface area contributed by atoms with Crippen molar-refractivity contribution in [3.8, 4) is 0 Å². The van der Waals surface area contributed by atoms with E-state index >= 15 is 0 Å². The molecule has 0 bridgehead atoms. The predicted molar refractivity (Wildman–Crippen MR) is 86.1 cm³/mol. The van der Waals surface area contributed by atoms with Crippen LogP contribution in [0.3, 0.4) is 0 Å². The number of carbonyl (C=O) groups is 2. The van der Waals surface area contributed by atoms with Gasteiger partial charge in [-0.3, -0.25) is 4.79 Å². The molecule has 3 rings (SSSR count). The van der Waals surface area contributed by atoms with E-state index < -0.39 is 5.97 Å². The number of benzene rings is 1. The zero-order valence-corrected chi connectivity index (χ0v) is 12.8. The van der Waals surface area contributed by atoms with Gasteiger partial charge in [-0.15, -0.1) is 22.7 Å². The van der Waals surface area contributed by atoms with Gasteiger partial charge in [0.2, 0.25) is 0 Å². The molecule has 106 valence electrons. The van der Waals surface area contributed by atoms with Crippen molar-refractivity contribution >= 4 is 61.2 Å². The number of halogens is 1. The third-order valence-corrected chi connectivity index (χ3v) is 5.08. The summed E-state index contributed by atoms with van der Waals surface area (Å²) >= 11 is 8.83. The second-order valence-corrected chi connectivity index (χ2v) is 6.72. The lowest BCUT2D eigenvalue weighted by Gasteiger charge is -2.05. The van der Waals surface area contributed by atoms with Crippen molar-refractivity contribution < 1.29 is 14.7 Å². The molecule has 2 aromatic heterocycles. The van der Waals surface area contributed by atoms with Crippen molar-refractivity contribution in [2.75, 3.05) is 5.32 Å². The SMILES string of the molecule is O=C(O)c1cc(Cl)cc(NC(=O)c2cc3sccc3s2)c1. The maximum absolute atomic E-state index is 12.2. The molecule has 2 heterocycles. The van der Waals surface area contributed by atoms with Gasteiger partial charge in [-0.25, -0.2) is 4.79 Å². The fourth-order valence-corrected chi connectivity index (χ4v) is 4.09. The van der Waals surface area contributed by atoms with Crippen LogP contribution in [0.15, 0.2) is 35.7 Å². The molecule has 7 heteroatoms. The van der Waals surface area contributed by atoms with E-state index in [-0.39, 0.29) is 16.5 Å². The summed E-state index contributed by atoms with van der Waals surface area (Å²) in [7, 11) is 0. The van der Waals surface area contributed by atoms with Gasteiger partial charge in [-0.1, -0.05) is 11.6 Å². The zero-order valence-electron chi connectivity index (χ0n) is 10.4. The Morgan fingerprint density at radius 1 is 1.14 bits per heavy atom. The van der Waals surface area contributed by atoms with Crippen LogP contribution < -0.4 is 5.32 Å². The highest BCUT2D eigenvalue weighted by molar-refractivity contribution is 7.27. The van der Waals surface area contributed by atoms with Crippen molar-refractivity contribution in [3.63, 3.8) is 0 Å². The topological polar surface area (TPSA) is 66.4 Å². The average molecular weight is 338 g/mol. The number of anilines is 1. The highest BCUT2D eigenvalue weighted by Crippen LogP contribution is 2.30. The number of fused-ring (bicyclic) bond motifs is 1. The fourth-order valence-electron chi connectivity index (χ4n) is 1.86. The summed E-state index contributed by atoms with van der Waals surface area (Å²) < 4.78 is 2.12. The first kappa shape index (κ1) is 14.1. The Morgan fingerprint density at radius 3 is 2.67 bits per heavy atom. The lowest BCUT2D eigenvalue weighted by Crippen LogP contribution is -2.10. The van der Waals surface area contributed by atoms with Gasteiger partial charge in [0.1, 0.15) is 0 Å². The molecule has 0 atom stereocenters. The molecule has 0 aliphatic heterocycles. The lowest BCUT2D eigenvalue weighted by atomic mass is 10.2. The molecule has 1 amide bonds. The minimum Gasteiger partial charge on any atom is -0.478 e. The maximum atomic E-state index is 12.2. The Morgan fingerprint density at radius 2 is 1.95 bits per heavy atom. The van der Waals surface area contributed by atoms with Crippen LogP contribution in [0.5, 0.6) is 0 Å². The standard InChI is InChI=1S/C14H8ClNO3S2/c15-8-3-7(14(18)19)4-9(5-8)16-13(17)12-6-11-10(21-12)1-2-20-11/h1-6H,(H,16,17)(H,18,19). The molecule has 1 aromatic carbocycles. The molecule has 0 saturated heterocycles. The summed E-state index contributed by atoms with van der Waals surface area (Å²) in [5, 5.41) is 13.9. The summed E-state index contributed by atoms with van der Waals surface area (Å²) in [5.41, 5.74) is 0.395. The number of rotatable bonds is 3. The van der Waals surface area contributed by atoms with E-state index in [1.54, 1.807) is 11.3 Å². The number of amides is 1. The number of aromatic carboxylic acids is 1. The molecule has 0 unspecified atom stereocenters. The molecule has 21 heavy (non-hydrogen) atoms. The minimum atomic E-state index is -1.09. The number of hydrogen-bond acceptors (Lipinski definition) is 4. The van der Waals surface area contributed by atoms with Crippen LogP contribution >= 0.6 is 34.3 Å². The molecule has 0 saturated carbocycles. The van der Waals surface area contributed by atoms with Crippen molar-refractivity contribution in [1.29, 1.82) is 0 Å². The Hall–Kier alpha value is -1.89. The summed E-state index contributed by atoms with van der Waals surface area (Å²) in [6.45, 7) is 0. The van der Waals surface area contributed by atoms with Crippen molar-refractivity contribution in [3.05, 3.63) is 51.2 Å². The highest BCUT2D eigenvalue weighted by Gasteiger charge is 2.13. The highest BCUT2D eigenvalue weighted by atomic mass is 35.5. The first-order valence-corrected chi connectivity index (χ1v) is 7.92. The Kier molecular flexibility index (Phi) is 3.67. The van der Waals surface area contributed by atoms with E-state index in [0.717, 1.165) is 9.40 Å². The van der Waals surface area contributed by atoms with E-state index in [9.17, 15) is 9.59 Å². The van der Waals surface area contributed by atoms with Gasteiger partial charge in [-0.05, 0) is 35.7 Å². The molecule has 4 nitrogen and oxygen atoms in total. The number of carboxylic acids is 1. The molecular weight excluding hydrogens is 330 g/mol. The van der Waals surface area contributed by atoms with Crippen LogP contribution in [-0.2, 0) is 0 Å². The smallest absolute Gasteiger partial charge is 0.335 e. The summed E-state index contributed by atoms with van der Waals surface area (Å²) in [4.78, 5) is 23.7. The fraction of sp³-hybridized carbons (Fsp3) is 0. The second-order valence-electron chi connectivity index (χ2n) is 4.25. The summed E-state index contributed by atoms with van der Waals surface area (Å²) in [5.74, 6) is -1.37. The molecule has 0 radical (unpaired) electrons. The largest absolute Gasteiger partial charge is 0.478 e. The van der Waals surface area contributed by atoms with Crippen LogP contribution in [0.4, 0.5) is 5.69 Å². The maximum Gasteiger partial charge on any atom is 0.335 e. The monoisotopic (exact) mass is 337 g/mol. The van der Waals surface area contributed by atoms with E-state index in [1.807, 2.05) is 17.5 Å². The summed E-state index contributed by atoms with van der Waals surface area (Å²) in [6.07, 6.45) is 0. The Bertz CT molecular complexity index is 824. The zero-order chi connectivity index (χ0) is 15.0. The Balaban J connectivity index is 1.87. The Labute approximate surface area is 132 Å². The quantitative estimate of drug-likeness (QED) is 0.735. The minimum absolute atomic E-state index is 0.0324. The molecular formula is C14H8ClNO3S2. The number of hydrogen-bond donors (Lipinski definition) is 2. The van der Waals surface area contributed by atoms with E-state index in [0.29, 0.717) is 10.6 Å². The average Bonchev–Trinajstić information content (AvgIpc) is 2.98. The van der Waals surface area contributed by atoms with Gasteiger partial charge in [0.15, 0.2) is 0 Å². The molecule has 0 aliphatic rings. The van der Waals surface area contributed by atoms with Crippen LogP contribution in [-0.4, -0.2) is 17.0 Å². The van der Waals surface area contributed by atoms with Crippen molar-refractivity contribution in [2.45, 2.75) is 0 Å². The van der Waals surface area contributed by atoms with Crippen LogP contribution in [0.1, 0.15) is 20.0 Å². The molecule has 3 aromatic rings. The van der Waals surface area contributed by atoms with Gasteiger partial charge < -0.3 is 10.4 Å². The number of carbonyl (C=O) groups excluding carboxylic acids is 1. The van der Waals surface area contributed by atoms with Gasteiger partial charge in [0, 0.05) is 20.1 Å². The van der Waals surface area contributed by atoms with Gasteiger partial charge >= 0.3 is 5.97 Å². The molecule has 0 aliphatic carbocycles. The second kappa shape index (κ2) is 5.48.